The molecule has 0 saturated heterocycles. The first kappa shape index (κ1) is 33.9. The quantitative estimate of drug-likeness (QED) is 0.170. The molecule has 0 atom stereocenters. The number of imidazole rings is 2. The number of rotatable bonds is 6. The zero-order chi connectivity index (χ0) is 41.5. The Morgan fingerprint density at radius 2 is 0.810 bits per heavy atom. The monoisotopic (exact) mass is 815 g/mol. The Hall–Kier alpha value is -8.84. The molecular formula is C50H33N13. The van der Waals surface area contributed by atoms with Crippen molar-refractivity contribution in [3.8, 4) is 23.0 Å². The topological polar surface area (TPSA) is 126 Å². The number of fused-ring (bicyclic) bond motifs is 8. The highest BCUT2D eigenvalue weighted by molar-refractivity contribution is 6.12. The second-order valence-corrected chi connectivity index (χ2v) is 15.9. The molecule has 0 bridgehead atoms. The number of nitrogens with one attached hydrogen (secondary N) is 2. The zero-order valence-corrected chi connectivity index (χ0v) is 33.9. The maximum atomic E-state index is 5.18. The number of benzene rings is 6. The van der Waals surface area contributed by atoms with Gasteiger partial charge in [-0.1, -0.05) is 72.8 Å². The van der Waals surface area contributed by atoms with Crippen LogP contribution in [0.15, 0.2) is 152 Å². The maximum absolute atomic E-state index is 5.18. The summed E-state index contributed by atoms with van der Waals surface area (Å²) in [6.45, 7) is 0. The first-order valence-electron chi connectivity index (χ1n) is 20.8. The Morgan fingerprint density at radius 3 is 1.21 bits per heavy atom. The molecule has 0 spiro atoms. The molecule has 13 nitrogen and oxygen atoms in total. The molecule has 0 saturated carbocycles. The molecule has 0 amide bonds. The van der Waals surface area contributed by atoms with E-state index in [0.717, 1.165) is 83.2 Å². The lowest BCUT2D eigenvalue weighted by atomic mass is 10.2. The summed E-state index contributed by atoms with van der Waals surface area (Å²) >= 11 is 0. The van der Waals surface area contributed by atoms with Crippen LogP contribution in [-0.2, 0) is 0 Å². The Bertz CT molecular complexity index is 3830. The molecule has 2 N–H and O–H groups in total. The van der Waals surface area contributed by atoms with Crippen LogP contribution in [0.1, 0.15) is 0 Å². The molecule has 7 aromatic heterocycles. The summed E-state index contributed by atoms with van der Waals surface area (Å²) in [5.41, 5.74) is 12.8. The minimum atomic E-state index is 0.481. The highest BCUT2D eigenvalue weighted by Crippen LogP contribution is 2.40. The van der Waals surface area contributed by atoms with Gasteiger partial charge in [0.25, 0.3) is 0 Å². The summed E-state index contributed by atoms with van der Waals surface area (Å²) < 4.78 is 10.7. The second-order valence-electron chi connectivity index (χ2n) is 15.9. The smallest absolute Gasteiger partial charge is 0.240 e. The van der Waals surface area contributed by atoms with Crippen LogP contribution >= 0.6 is 0 Å². The van der Waals surface area contributed by atoms with Crippen molar-refractivity contribution in [2.45, 2.75) is 0 Å². The lowest BCUT2D eigenvalue weighted by Crippen LogP contribution is -2.10. The fourth-order valence-electron chi connectivity index (χ4n) is 10.1. The third-order valence-corrected chi connectivity index (χ3v) is 12.7. The number of para-hydroxylation sites is 4. The summed E-state index contributed by atoms with van der Waals surface area (Å²) in [4.78, 5) is 29.7. The Kier molecular flexibility index (Phi) is 6.66. The van der Waals surface area contributed by atoms with Crippen molar-refractivity contribution >= 4 is 105 Å². The van der Waals surface area contributed by atoms with Gasteiger partial charge in [-0.3, -0.25) is 9.13 Å². The predicted molar refractivity (Wildman–Crippen MR) is 252 cm³/mol. The van der Waals surface area contributed by atoms with Crippen LogP contribution in [0, 0.1) is 0 Å². The van der Waals surface area contributed by atoms with E-state index < -0.39 is 0 Å². The lowest BCUT2D eigenvalue weighted by molar-refractivity contribution is 0.958. The van der Waals surface area contributed by atoms with Crippen molar-refractivity contribution in [1.29, 1.82) is 0 Å². The molecule has 0 radical (unpaired) electrons. The van der Waals surface area contributed by atoms with Crippen LogP contribution in [0.4, 0.5) is 11.4 Å². The number of hydrogen-bond acceptors (Lipinski definition) is 8. The summed E-state index contributed by atoms with van der Waals surface area (Å²) in [5.74, 6) is 2.37. The Balaban J connectivity index is 0.963. The van der Waals surface area contributed by atoms with Crippen molar-refractivity contribution < 1.29 is 0 Å². The summed E-state index contributed by atoms with van der Waals surface area (Å²) in [6, 6.07) is 47.0. The van der Waals surface area contributed by atoms with Crippen molar-refractivity contribution in [2.24, 2.45) is 0 Å². The van der Waals surface area contributed by atoms with E-state index in [4.69, 9.17) is 19.9 Å². The van der Waals surface area contributed by atoms with Gasteiger partial charge in [-0.05, 0) is 60.7 Å². The molecule has 298 valence electrons. The van der Waals surface area contributed by atoms with E-state index in [0.29, 0.717) is 23.2 Å². The number of nitrogens with zero attached hydrogens (tertiary/aromatic N) is 11. The van der Waals surface area contributed by atoms with E-state index in [1.54, 1.807) is 0 Å². The molecule has 0 fully saturated rings. The van der Waals surface area contributed by atoms with Crippen LogP contribution < -0.4 is 10.6 Å². The molecule has 14 aromatic rings. The highest BCUT2D eigenvalue weighted by Gasteiger charge is 2.25. The molecule has 13 heteroatoms. The van der Waals surface area contributed by atoms with Crippen molar-refractivity contribution in [3.63, 3.8) is 0 Å². The van der Waals surface area contributed by atoms with Crippen molar-refractivity contribution in [2.75, 3.05) is 24.7 Å². The van der Waals surface area contributed by atoms with Crippen LogP contribution in [-0.4, -0.2) is 66.7 Å². The minimum absolute atomic E-state index is 0.481. The van der Waals surface area contributed by atoms with Gasteiger partial charge in [0, 0.05) is 46.4 Å². The standard InChI is InChI=1S/C50H33N13/c1-51-36-21-28(61-40-15-7-3-11-30(40)31-12-4-8-16-41(31)61)23-38-45(36)59(26-55-38)47-34-19-20-35-44(34)63-49(57-47)53-25-54-50(63)58-48(35)60-27-56-39-24-29(22-37(52-2)46(39)60)62-42-17-9-5-13-32(42)33-14-6-10-18-43(33)62/h3-27,51-52H,1-2H3. The Labute approximate surface area is 356 Å². The molecule has 0 aliphatic heterocycles. The number of hydrogen-bond donors (Lipinski definition) is 2. The summed E-state index contributed by atoms with van der Waals surface area (Å²) in [5, 5.41) is 13.6. The SMILES string of the molecule is CNc1cc(-n2c3ccccc3c3ccccc32)cc2ncn(-c3nc4ncnc5nc(-n6cnc7cc(-n8c9ccccc9c9ccccc98)cc(NC)c76)c6ccc3c6n45)c12. The van der Waals surface area contributed by atoms with Gasteiger partial charge in [0.05, 0.1) is 72.4 Å². The minimum Gasteiger partial charge on any atom is -0.386 e. The molecule has 0 unspecified atom stereocenters. The molecule has 14 rings (SSSR count). The van der Waals surface area contributed by atoms with Crippen LogP contribution in [0.5, 0.6) is 0 Å². The fraction of sp³-hybridized carbons (Fsp3) is 0.0400. The van der Waals surface area contributed by atoms with Crippen LogP contribution in [0.2, 0.25) is 0 Å². The summed E-state index contributed by atoms with van der Waals surface area (Å²) in [7, 11) is 3.89. The highest BCUT2D eigenvalue weighted by atomic mass is 15.2. The van der Waals surface area contributed by atoms with Gasteiger partial charge in [0.1, 0.15) is 19.0 Å². The van der Waals surface area contributed by atoms with Gasteiger partial charge in [-0.2, -0.15) is 9.97 Å². The molecule has 7 heterocycles. The van der Waals surface area contributed by atoms with Crippen molar-refractivity contribution in [1.82, 2.24) is 52.6 Å². The van der Waals surface area contributed by atoms with E-state index in [2.05, 4.69) is 172 Å². The number of anilines is 2. The van der Waals surface area contributed by atoms with E-state index in [9.17, 15) is 0 Å². The lowest BCUT2D eigenvalue weighted by Gasteiger charge is -2.16. The van der Waals surface area contributed by atoms with Crippen LogP contribution in [0.3, 0.4) is 0 Å². The molecular weight excluding hydrogens is 783 g/mol. The number of aromatic nitrogens is 11. The zero-order valence-electron chi connectivity index (χ0n) is 33.9. The summed E-state index contributed by atoms with van der Waals surface area (Å²) in [6.07, 6.45) is 5.23. The Morgan fingerprint density at radius 1 is 0.413 bits per heavy atom. The fourth-order valence-corrected chi connectivity index (χ4v) is 10.1. The third-order valence-electron chi connectivity index (χ3n) is 12.7. The van der Waals surface area contributed by atoms with E-state index in [1.807, 2.05) is 31.2 Å². The predicted octanol–water partition coefficient (Wildman–Crippen LogP) is 10.2. The van der Waals surface area contributed by atoms with Gasteiger partial charge >= 0.3 is 0 Å². The second kappa shape index (κ2) is 12.4. The van der Waals surface area contributed by atoms with Gasteiger partial charge < -0.3 is 19.8 Å². The average Bonchev–Trinajstić information content (AvgIpc) is 4.18. The molecule has 0 aliphatic rings. The van der Waals surface area contributed by atoms with Gasteiger partial charge in [0.2, 0.25) is 11.6 Å². The first-order chi connectivity index (χ1) is 31.2. The molecule has 0 aliphatic carbocycles. The molecule has 7 aromatic carbocycles. The first-order valence-corrected chi connectivity index (χ1v) is 20.8. The van der Waals surface area contributed by atoms with Gasteiger partial charge in [0.15, 0.2) is 11.6 Å². The van der Waals surface area contributed by atoms with E-state index in [-0.39, 0.29) is 0 Å². The van der Waals surface area contributed by atoms with Crippen LogP contribution in [0.25, 0.3) is 117 Å². The van der Waals surface area contributed by atoms with E-state index in [1.165, 1.54) is 27.9 Å². The third kappa shape index (κ3) is 4.48. The van der Waals surface area contributed by atoms with Crippen molar-refractivity contribution in [3.05, 3.63) is 152 Å². The van der Waals surface area contributed by atoms with Gasteiger partial charge in [-0.25, -0.2) is 24.3 Å². The maximum Gasteiger partial charge on any atom is 0.240 e. The average molecular weight is 816 g/mol. The van der Waals surface area contributed by atoms with E-state index >= 15 is 0 Å². The molecule has 63 heavy (non-hydrogen) atoms. The normalized spacial score (nSPS) is 12.3. The van der Waals surface area contributed by atoms with Gasteiger partial charge in [-0.15, -0.1) is 0 Å². The largest absolute Gasteiger partial charge is 0.386 e.